The van der Waals surface area contributed by atoms with Gasteiger partial charge in [-0.25, -0.2) is 5.10 Å². The first-order valence-electron chi connectivity index (χ1n) is 4.48. The molecule has 1 amide bonds. The van der Waals surface area contributed by atoms with E-state index in [9.17, 15) is 4.79 Å². The third kappa shape index (κ3) is 4.68. The molecule has 0 spiro atoms. The summed E-state index contributed by atoms with van der Waals surface area (Å²) in [4.78, 5) is 15.3. The summed E-state index contributed by atoms with van der Waals surface area (Å²) in [6.07, 6.45) is 0. The number of amides is 1. The zero-order chi connectivity index (χ0) is 11.5. The molecular formula is C8H15N5OS. The van der Waals surface area contributed by atoms with Crippen LogP contribution in [0, 0.1) is 0 Å². The molecule has 7 heteroatoms. The Labute approximate surface area is 92.4 Å². The van der Waals surface area contributed by atoms with Crippen molar-refractivity contribution in [2.45, 2.75) is 31.5 Å². The molecule has 1 heterocycles. The molecule has 0 bridgehead atoms. The molecule has 0 saturated heterocycles. The van der Waals surface area contributed by atoms with Gasteiger partial charge in [-0.15, -0.1) is 5.10 Å². The van der Waals surface area contributed by atoms with Crippen LogP contribution < -0.4 is 11.1 Å². The molecule has 1 rings (SSSR count). The van der Waals surface area contributed by atoms with Crippen molar-refractivity contribution >= 4 is 23.6 Å². The molecule has 15 heavy (non-hydrogen) atoms. The SMILES string of the molecule is CC(C)(C)NC(=O)CSc1n[nH]c(N)n1. The van der Waals surface area contributed by atoms with Gasteiger partial charge in [0.15, 0.2) is 0 Å². The van der Waals surface area contributed by atoms with Crippen LogP contribution in [0.15, 0.2) is 5.16 Å². The van der Waals surface area contributed by atoms with Crippen LogP contribution in [0.4, 0.5) is 5.95 Å². The number of thioether (sulfide) groups is 1. The van der Waals surface area contributed by atoms with Crippen LogP contribution in [0.5, 0.6) is 0 Å². The summed E-state index contributed by atoms with van der Waals surface area (Å²) < 4.78 is 0. The largest absolute Gasteiger partial charge is 0.368 e. The van der Waals surface area contributed by atoms with Gasteiger partial charge < -0.3 is 11.1 Å². The van der Waals surface area contributed by atoms with Crippen molar-refractivity contribution < 1.29 is 4.79 Å². The highest BCUT2D eigenvalue weighted by Gasteiger charge is 2.14. The summed E-state index contributed by atoms with van der Waals surface area (Å²) in [6, 6.07) is 0. The molecule has 0 fully saturated rings. The Morgan fingerprint density at radius 1 is 1.60 bits per heavy atom. The van der Waals surface area contributed by atoms with E-state index < -0.39 is 0 Å². The highest BCUT2D eigenvalue weighted by molar-refractivity contribution is 7.99. The minimum Gasteiger partial charge on any atom is -0.368 e. The van der Waals surface area contributed by atoms with Gasteiger partial charge in [-0.2, -0.15) is 4.98 Å². The summed E-state index contributed by atoms with van der Waals surface area (Å²) in [5.41, 5.74) is 5.13. The first-order valence-corrected chi connectivity index (χ1v) is 5.47. The van der Waals surface area contributed by atoms with Crippen molar-refractivity contribution in [1.29, 1.82) is 0 Å². The first-order chi connectivity index (χ1) is 6.87. The molecule has 0 aromatic carbocycles. The summed E-state index contributed by atoms with van der Waals surface area (Å²) in [5, 5.41) is 9.63. The summed E-state index contributed by atoms with van der Waals surface area (Å²) in [7, 11) is 0. The maximum atomic E-state index is 11.4. The highest BCUT2D eigenvalue weighted by atomic mass is 32.2. The standard InChI is InChI=1S/C8H15N5OS/c1-8(2,3)11-5(14)4-15-7-10-6(9)12-13-7/h4H2,1-3H3,(H,11,14)(H3,9,10,12,13). The molecule has 4 N–H and O–H groups in total. The Balaban J connectivity index is 2.35. The molecule has 0 radical (unpaired) electrons. The smallest absolute Gasteiger partial charge is 0.230 e. The number of hydrogen-bond donors (Lipinski definition) is 3. The Bertz CT molecular complexity index is 343. The van der Waals surface area contributed by atoms with E-state index >= 15 is 0 Å². The van der Waals surface area contributed by atoms with E-state index in [-0.39, 0.29) is 23.1 Å². The molecule has 84 valence electrons. The van der Waals surface area contributed by atoms with Crippen LogP contribution in [0.2, 0.25) is 0 Å². The van der Waals surface area contributed by atoms with Crippen molar-refractivity contribution in [2.75, 3.05) is 11.5 Å². The van der Waals surface area contributed by atoms with Crippen LogP contribution in [0.1, 0.15) is 20.8 Å². The van der Waals surface area contributed by atoms with E-state index in [0.29, 0.717) is 5.16 Å². The topological polar surface area (TPSA) is 96.7 Å². The molecule has 6 nitrogen and oxygen atoms in total. The van der Waals surface area contributed by atoms with Gasteiger partial charge in [-0.05, 0) is 20.8 Å². The van der Waals surface area contributed by atoms with E-state index in [1.165, 1.54) is 11.8 Å². The van der Waals surface area contributed by atoms with Gasteiger partial charge in [-0.3, -0.25) is 4.79 Å². The van der Waals surface area contributed by atoms with Crippen LogP contribution >= 0.6 is 11.8 Å². The normalized spacial score (nSPS) is 11.4. The Morgan fingerprint density at radius 3 is 2.73 bits per heavy atom. The van der Waals surface area contributed by atoms with Crippen LogP contribution in [-0.2, 0) is 4.79 Å². The van der Waals surface area contributed by atoms with Gasteiger partial charge in [-0.1, -0.05) is 11.8 Å². The number of H-pyrrole nitrogens is 1. The lowest BCUT2D eigenvalue weighted by molar-refractivity contribution is -0.119. The maximum absolute atomic E-state index is 11.4. The van der Waals surface area contributed by atoms with Gasteiger partial charge in [0.2, 0.25) is 17.0 Å². The predicted molar refractivity (Wildman–Crippen MR) is 59.4 cm³/mol. The maximum Gasteiger partial charge on any atom is 0.230 e. The molecule has 0 unspecified atom stereocenters. The van der Waals surface area contributed by atoms with Crippen LogP contribution in [0.25, 0.3) is 0 Å². The highest BCUT2D eigenvalue weighted by Crippen LogP contribution is 2.12. The number of carbonyl (C=O) groups is 1. The third-order valence-corrected chi connectivity index (χ3v) is 2.18. The molecule has 0 atom stereocenters. The predicted octanol–water partition coefficient (Wildman–Crippen LogP) is 0.394. The van der Waals surface area contributed by atoms with Crippen LogP contribution in [0.3, 0.4) is 0 Å². The number of nitrogens with two attached hydrogens (primary N) is 1. The van der Waals surface area contributed by atoms with Gasteiger partial charge >= 0.3 is 0 Å². The lowest BCUT2D eigenvalue weighted by Gasteiger charge is -2.19. The second-order valence-electron chi connectivity index (χ2n) is 4.09. The van der Waals surface area contributed by atoms with Crippen LogP contribution in [-0.4, -0.2) is 32.4 Å². The minimum absolute atomic E-state index is 0.0455. The monoisotopic (exact) mass is 229 g/mol. The zero-order valence-electron chi connectivity index (χ0n) is 9.00. The van der Waals surface area contributed by atoms with Crippen molar-refractivity contribution in [3.63, 3.8) is 0 Å². The molecular weight excluding hydrogens is 214 g/mol. The number of nitrogen functional groups attached to an aromatic ring is 1. The van der Waals surface area contributed by atoms with Gasteiger partial charge in [0.25, 0.3) is 0 Å². The molecule has 0 aliphatic carbocycles. The number of hydrogen-bond acceptors (Lipinski definition) is 5. The average molecular weight is 229 g/mol. The lowest BCUT2D eigenvalue weighted by Crippen LogP contribution is -2.41. The molecule has 1 aromatic rings. The van der Waals surface area contributed by atoms with E-state index in [0.717, 1.165) is 0 Å². The molecule has 1 aromatic heterocycles. The fourth-order valence-corrected chi connectivity index (χ4v) is 1.51. The van der Waals surface area contributed by atoms with Crippen molar-refractivity contribution in [2.24, 2.45) is 0 Å². The van der Waals surface area contributed by atoms with Gasteiger partial charge in [0, 0.05) is 5.54 Å². The van der Waals surface area contributed by atoms with Crippen molar-refractivity contribution in [3.05, 3.63) is 0 Å². The number of nitrogens with one attached hydrogen (secondary N) is 2. The summed E-state index contributed by atoms with van der Waals surface area (Å²) >= 11 is 1.24. The Kier molecular flexibility index (Phi) is 3.57. The fourth-order valence-electron chi connectivity index (χ4n) is 0.907. The molecule has 0 aliphatic rings. The number of nitrogens with zero attached hydrogens (tertiary/aromatic N) is 2. The number of aromatic amines is 1. The van der Waals surface area contributed by atoms with Gasteiger partial charge in [0.05, 0.1) is 5.75 Å². The second-order valence-corrected chi connectivity index (χ2v) is 5.03. The molecule has 0 aliphatic heterocycles. The van der Waals surface area contributed by atoms with E-state index in [2.05, 4.69) is 20.5 Å². The van der Waals surface area contributed by atoms with E-state index in [1.54, 1.807) is 0 Å². The number of aromatic nitrogens is 3. The average Bonchev–Trinajstić information content (AvgIpc) is 2.45. The Morgan fingerprint density at radius 2 is 2.27 bits per heavy atom. The molecule has 0 saturated carbocycles. The fraction of sp³-hybridized carbons (Fsp3) is 0.625. The first kappa shape index (κ1) is 11.8. The summed E-state index contributed by atoms with van der Waals surface area (Å²) in [5.74, 6) is 0.499. The number of carbonyl (C=O) groups excluding carboxylic acids is 1. The summed E-state index contributed by atoms with van der Waals surface area (Å²) in [6.45, 7) is 5.79. The zero-order valence-corrected chi connectivity index (χ0v) is 9.81. The number of anilines is 1. The van der Waals surface area contributed by atoms with E-state index in [1.807, 2.05) is 20.8 Å². The minimum atomic E-state index is -0.213. The number of rotatable bonds is 3. The third-order valence-electron chi connectivity index (χ3n) is 1.33. The lowest BCUT2D eigenvalue weighted by atomic mass is 10.1. The quantitative estimate of drug-likeness (QED) is 0.652. The van der Waals surface area contributed by atoms with Crippen molar-refractivity contribution in [3.8, 4) is 0 Å². The Hall–Kier alpha value is -1.24. The van der Waals surface area contributed by atoms with Gasteiger partial charge in [0.1, 0.15) is 0 Å². The van der Waals surface area contributed by atoms with Crippen molar-refractivity contribution in [1.82, 2.24) is 20.5 Å². The van der Waals surface area contributed by atoms with E-state index in [4.69, 9.17) is 5.73 Å². The second kappa shape index (κ2) is 4.52.